The average molecular weight is 262 g/mol. The molecule has 4 heteroatoms. The molecule has 0 spiro atoms. The first-order valence-electron chi connectivity index (χ1n) is 6.55. The Bertz CT molecular complexity index is 448. The van der Waals surface area contributed by atoms with Crippen LogP contribution in [0.1, 0.15) is 25.0 Å². The molecule has 0 aromatic heterocycles. The van der Waals surface area contributed by atoms with Gasteiger partial charge in [0.25, 0.3) is 0 Å². The second kappa shape index (κ2) is 5.43. The number of ether oxygens (including phenoxy) is 2. The third kappa shape index (κ3) is 2.35. The Balaban J connectivity index is 2.34. The van der Waals surface area contributed by atoms with E-state index in [-0.39, 0.29) is 13.2 Å². The van der Waals surface area contributed by atoms with Crippen LogP contribution in [0.5, 0.6) is 0 Å². The Kier molecular flexibility index (Phi) is 3.88. The van der Waals surface area contributed by atoms with E-state index in [0.29, 0.717) is 12.8 Å². The van der Waals surface area contributed by atoms with Gasteiger partial charge in [-0.25, -0.2) is 0 Å². The van der Waals surface area contributed by atoms with Crippen LogP contribution in [0.25, 0.3) is 0 Å². The van der Waals surface area contributed by atoms with Crippen molar-refractivity contribution in [3.63, 3.8) is 0 Å². The number of hydrogen-bond acceptors (Lipinski definition) is 4. The fourth-order valence-corrected chi connectivity index (χ4v) is 2.53. The van der Waals surface area contributed by atoms with Crippen LogP contribution in [0.15, 0.2) is 24.3 Å². The van der Waals surface area contributed by atoms with Gasteiger partial charge in [0.15, 0.2) is 5.41 Å². The first-order chi connectivity index (χ1) is 9.14. The van der Waals surface area contributed by atoms with Crippen molar-refractivity contribution < 1.29 is 19.1 Å². The fraction of sp³-hybridized carbons (Fsp3) is 0.467. The minimum Gasteiger partial charge on any atom is -0.465 e. The summed E-state index contributed by atoms with van der Waals surface area (Å²) in [6, 6.07) is 7.70. The average Bonchev–Trinajstić information content (AvgIpc) is 2.80. The lowest BCUT2D eigenvalue weighted by Crippen LogP contribution is -2.43. The third-order valence-electron chi connectivity index (χ3n) is 3.44. The molecule has 1 aliphatic rings. The molecule has 1 aromatic rings. The number of benzene rings is 1. The highest BCUT2D eigenvalue weighted by Crippen LogP contribution is 2.39. The Morgan fingerprint density at radius 2 is 1.42 bits per heavy atom. The Morgan fingerprint density at radius 3 is 1.79 bits per heavy atom. The first kappa shape index (κ1) is 13.6. The first-order valence-corrected chi connectivity index (χ1v) is 6.55. The molecule has 2 rings (SSSR count). The number of carbonyl (C=O) groups excluding carboxylic acids is 2. The summed E-state index contributed by atoms with van der Waals surface area (Å²) in [7, 11) is 0. The zero-order valence-electron chi connectivity index (χ0n) is 11.3. The van der Waals surface area contributed by atoms with Gasteiger partial charge in [-0.3, -0.25) is 9.59 Å². The summed E-state index contributed by atoms with van der Waals surface area (Å²) in [6.07, 6.45) is 0.724. The second-order valence-electron chi connectivity index (χ2n) is 4.65. The van der Waals surface area contributed by atoms with Crippen molar-refractivity contribution in [2.45, 2.75) is 26.7 Å². The zero-order valence-corrected chi connectivity index (χ0v) is 11.3. The van der Waals surface area contributed by atoms with Crippen molar-refractivity contribution in [3.8, 4) is 0 Å². The SMILES string of the molecule is CCOC(=O)C1(C(=O)OCC)Cc2ccccc2C1. The summed E-state index contributed by atoms with van der Waals surface area (Å²) in [5.74, 6) is -0.964. The molecular weight excluding hydrogens is 244 g/mol. The Morgan fingerprint density at radius 1 is 1.00 bits per heavy atom. The van der Waals surface area contributed by atoms with Crippen LogP contribution >= 0.6 is 0 Å². The summed E-state index contributed by atoms with van der Waals surface area (Å²) in [6.45, 7) is 3.99. The maximum atomic E-state index is 12.2. The molecule has 102 valence electrons. The van der Waals surface area contributed by atoms with Crippen molar-refractivity contribution in [2.75, 3.05) is 13.2 Å². The fourth-order valence-electron chi connectivity index (χ4n) is 2.53. The van der Waals surface area contributed by atoms with Crippen molar-refractivity contribution >= 4 is 11.9 Å². The van der Waals surface area contributed by atoms with Gasteiger partial charge >= 0.3 is 11.9 Å². The molecule has 0 aliphatic heterocycles. The van der Waals surface area contributed by atoms with E-state index in [1.54, 1.807) is 13.8 Å². The Hall–Kier alpha value is -1.84. The van der Waals surface area contributed by atoms with E-state index in [1.807, 2.05) is 24.3 Å². The Labute approximate surface area is 112 Å². The van der Waals surface area contributed by atoms with Crippen LogP contribution in [0.2, 0.25) is 0 Å². The molecular formula is C15H18O4. The lowest BCUT2D eigenvalue weighted by Gasteiger charge is -2.23. The van der Waals surface area contributed by atoms with Crippen LogP contribution in [-0.4, -0.2) is 25.2 Å². The van der Waals surface area contributed by atoms with Crippen LogP contribution in [0, 0.1) is 5.41 Å². The molecule has 4 nitrogen and oxygen atoms in total. The molecule has 0 radical (unpaired) electrons. The number of esters is 2. The lowest BCUT2D eigenvalue weighted by molar-refractivity contribution is -0.171. The minimum atomic E-state index is -1.20. The summed E-state index contributed by atoms with van der Waals surface area (Å²) < 4.78 is 10.2. The largest absolute Gasteiger partial charge is 0.465 e. The second-order valence-corrected chi connectivity index (χ2v) is 4.65. The maximum Gasteiger partial charge on any atom is 0.324 e. The van der Waals surface area contributed by atoms with Crippen LogP contribution in [0.3, 0.4) is 0 Å². The third-order valence-corrected chi connectivity index (χ3v) is 3.44. The smallest absolute Gasteiger partial charge is 0.324 e. The summed E-state index contributed by atoms with van der Waals surface area (Å²) in [5.41, 5.74) is 0.836. The van der Waals surface area contributed by atoms with Gasteiger partial charge in [0.1, 0.15) is 0 Å². The molecule has 0 saturated carbocycles. The van der Waals surface area contributed by atoms with E-state index >= 15 is 0 Å². The molecule has 0 heterocycles. The van der Waals surface area contributed by atoms with Crippen molar-refractivity contribution in [2.24, 2.45) is 5.41 Å². The van der Waals surface area contributed by atoms with E-state index < -0.39 is 17.4 Å². The maximum absolute atomic E-state index is 12.2. The van der Waals surface area contributed by atoms with Crippen LogP contribution in [0.4, 0.5) is 0 Å². The summed E-state index contributed by atoms with van der Waals surface area (Å²) in [5, 5.41) is 0. The van der Waals surface area contributed by atoms with Gasteiger partial charge in [-0.1, -0.05) is 24.3 Å². The van der Waals surface area contributed by atoms with Crippen molar-refractivity contribution in [1.29, 1.82) is 0 Å². The highest BCUT2D eigenvalue weighted by atomic mass is 16.6. The van der Waals surface area contributed by atoms with Gasteiger partial charge in [0.05, 0.1) is 13.2 Å². The molecule has 1 aliphatic carbocycles. The number of hydrogen-bond donors (Lipinski definition) is 0. The molecule has 0 N–H and O–H groups in total. The predicted octanol–water partition coefficient (Wildman–Crippen LogP) is 1.90. The van der Waals surface area contributed by atoms with E-state index in [9.17, 15) is 9.59 Å². The van der Waals surface area contributed by atoms with E-state index in [4.69, 9.17) is 9.47 Å². The molecule has 1 aromatic carbocycles. The standard InChI is InChI=1S/C15H18O4/c1-3-18-13(16)15(14(17)19-4-2)9-11-7-5-6-8-12(11)10-15/h5-8H,3-4,9-10H2,1-2H3. The summed E-state index contributed by atoms with van der Waals surface area (Å²) in [4.78, 5) is 24.5. The molecule has 0 atom stereocenters. The number of rotatable bonds is 4. The van der Waals surface area contributed by atoms with Gasteiger partial charge < -0.3 is 9.47 Å². The predicted molar refractivity (Wildman–Crippen MR) is 69.5 cm³/mol. The van der Waals surface area contributed by atoms with Crippen molar-refractivity contribution in [3.05, 3.63) is 35.4 Å². The van der Waals surface area contributed by atoms with Gasteiger partial charge in [-0.05, 0) is 37.8 Å². The zero-order chi connectivity index (χ0) is 13.9. The number of carbonyl (C=O) groups is 2. The van der Waals surface area contributed by atoms with Crippen molar-refractivity contribution in [1.82, 2.24) is 0 Å². The van der Waals surface area contributed by atoms with Crippen LogP contribution < -0.4 is 0 Å². The topological polar surface area (TPSA) is 52.6 Å². The molecule has 0 unspecified atom stereocenters. The van der Waals surface area contributed by atoms with Gasteiger partial charge in [0, 0.05) is 0 Å². The quantitative estimate of drug-likeness (QED) is 0.614. The van der Waals surface area contributed by atoms with Crippen LogP contribution in [-0.2, 0) is 31.9 Å². The molecule has 19 heavy (non-hydrogen) atoms. The summed E-state index contributed by atoms with van der Waals surface area (Å²) >= 11 is 0. The van der Waals surface area contributed by atoms with Gasteiger partial charge in [-0.15, -0.1) is 0 Å². The monoisotopic (exact) mass is 262 g/mol. The normalized spacial score (nSPS) is 15.7. The van der Waals surface area contributed by atoms with E-state index in [0.717, 1.165) is 11.1 Å². The lowest BCUT2D eigenvalue weighted by atomic mass is 9.85. The van der Waals surface area contributed by atoms with Gasteiger partial charge in [0.2, 0.25) is 0 Å². The highest BCUT2D eigenvalue weighted by Gasteiger charge is 2.52. The van der Waals surface area contributed by atoms with E-state index in [2.05, 4.69) is 0 Å². The molecule has 0 fully saturated rings. The highest BCUT2D eigenvalue weighted by molar-refractivity contribution is 6.01. The molecule has 0 saturated heterocycles. The molecule has 0 bridgehead atoms. The number of fused-ring (bicyclic) bond motifs is 1. The molecule has 0 amide bonds. The van der Waals surface area contributed by atoms with E-state index in [1.165, 1.54) is 0 Å². The minimum absolute atomic E-state index is 0.260. The van der Waals surface area contributed by atoms with Gasteiger partial charge in [-0.2, -0.15) is 0 Å².